The number of rotatable bonds is 9. The van der Waals surface area contributed by atoms with Crippen molar-refractivity contribution in [1.82, 2.24) is 4.72 Å². The van der Waals surface area contributed by atoms with Crippen LogP contribution in [0, 0.1) is 0 Å². The van der Waals surface area contributed by atoms with E-state index in [1.54, 1.807) is 6.92 Å². The number of sulfone groups is 2. The van der Waals surface area contributed by atoms with Crippen LogP contribution in [0.3, 0.4) is 0 Å². The monoisotopic (exact) mass is 538 g/mol. The summed E-state index contributed by atoms with van der Waals surface area (Å²) < 4.78 is 89.5. The molecule has 0 amide bonds. The van der Waals surface area contributed by atoms with Crippen molar-refractivity contribution in [1.29, 1.82) is 0 Å². The van der Waals surface area contributed by atoms with Gasteiger partial charge in [0.15, 0.2) is 0 Å². The third kappa shape index (κ3) is 5.84. The summed E-state index contributed by atoms with van der Waals surface area (Å²) >= 11 is 0. The molecule has 0 saturated heterocycles. The average Bonchev–Trinajstić information content (AvgIpc) is 2.82. The summed E-state index contributed by atoms with van der Waals surface area (Å²) in [6, 6.07) is 14.3. The molecule has 12 heteroatoms. The third-order valence-electron chi connectivity index (χ3n) is 5.18. The van der Waals surface area contributed by atoms with Crippen molar-refractivity contribution in [2.45, 2.75) is 32.5 Å². The summed E-state index contributed by atoms with van der Waals surface area (Å²) in [5, 5.41) is 0. The normalized spacial score (nSPS) is 13.3. The highest BCUT2D eigenvalue weighted by Crippen LogP contribution is 2.34. The van der Waals surface area contributed by atoms with Gasteiger partial charge in [-0.05, 0) is 61.0 Å². The molecule has 0 aliphatic rings. The van der Waals surface area contributed by atoms with Gasteiger partial charge >= 0.3 is 0 Å². The van der Waals surface area contributed by atoms with E-state index in [1.165, 1.54) is 80.9 Å². The minimum absolute atomic E-state index is 0.112. The minimum atomic E-state index is -4.27. The lowest BCUT2D eigenvalue weighted by atomic mass is 10.1. The van der Waals surface area contributed by atoms with E-state index in [1.807, 2.05) is 0 Å². The van der Waals surface area contributed by atoms with Crippen molar-refractivity contribution in [3.05, 3.63) is 72.3 Å². The van der Waals surface area contributed by atoms with Crippen LogP contribution in [0.5, 0.6) is 11.5 Å². The van der Waals surface area contributed by atoms with Gasteiger partial charge in [0.05, 0.1) is 40.1 Å². The highest BCUT2D eigenvalue weighted by atomic mass is 32.2. The summed E-state index contributed by atoms with van der Waals surface area (Å²) in [5.74, 6) is 0.620. The van der Waals surface area contributed by atoms with Crippen molar-refractivity contribution >= 4 is 29.7 Å². The van der Waals surface area contributed by atoms with Gasteiger partial charge in [0.25, 0.3) is 0 Å². The van der Waals surface area contributed by atoms with E-state index >= 15 is 0 Å². The molecule has 0 saturated carbocycles. The molecule has 35 heavy (non-hydrogen) atoms. The molecule has 3 aromatic carbocycles. The lowest BCUT2D eigenvalue weighted by Crippen LogP contribution is -2.25. The molecule has 188 valence electrons. The largest absolute Gasteiger partial charge is 0.497 e. The van der Waals surface area contributed by atoms with E-state index in [4.69, 9.17) is 9.47 Å². The molecule has 0 fully saturated rings. The summed E-state index contributed by atoms with van der Waals surface area (Å²) in [6.07, 6.45) is 1.02. The lowest BCUT2D eigenvalue weighted by molar-refractivity contribution is 0.412. The Labute approximate surface area is 205 Å². The fourth-order valence-electron chi connectivity index (χ4n) is 3.38. The molecule has 0 aromatic heterocycles. The Morgan fingerprint density at radius 3 is 1.60 bits per heavy atom. The minimum Gasteiger partial charge on any atom is -0.497 e. The zero-order valence-electron chi connectivity index (χ0n) is 19.4. The standard InChI is InChI=1S/C23H25NO8S3/c1-16(24-33(4,25)26)17-5-10-20(11-6-17)34(27,28)22-14-9-19(32-3)15-23(22)35(29,30)21-12-7-18(31-2)8-13-21/h5-16,24H,1-4H3/i2-1. The van der Waals surface area contributed by atoms with Gasteiger partial charge in [-0.2, -0.15) is 0 Å². The lowest BCUT2D eigenvalue weighted by Gasteiger charge is -2.15. The van der Waals surface area contributed by atoms with Crippen molar-refractivity contribution in [3.8, 4) is 11.5 Å². The van der Waals surface area contributed by atoms with Crippen molar-refractivity contribution in [3.63, 3.8) is 0 Å². The fourth-order valence-corrected chi connectivity index (χ4v) is 7.49. The smallest absolute Gasteiger partial charge is 0.209 e. The van der Waals surface area contributed by atoms with E-state index in [-0.39, 0.29) is 15.5 Å². The first-order valence-corrected chi connectivity index (χ1v) is 15.0. The molecule has 0 aliphatic heterocycles. The zero-order chi connectivity index (χ0) is 26.0. The number of ether oxygens (including phenoxy) is 2. The van der Waals surface area contributed by atoms with Crippen LogP contribution in [0.2, 0.25) is 0 Å². The van der Waals surface area contributed by atoms with Gasteiger partial charge in [-0.15, -0.1) is 0 Å². The second-order valence-electron chi connectivity index (χ2n) is 7.68. The molecule has 1 N–H and O–H groups in total. The Hall–Kier alpha value is -2.93. The van der Waals surface area contributed by atoms with Crippen LogP contribution >= 0.6 is 0 Å². The summed E-state index contributed by atoms with van der Waals surface area (Å²) in [5.41, 5.74) is 0.537. The van der Waals surface area contributed by atoms with Crippen molar-refractivity contribution < 1.29 is 34.7 Å². The third-order valence-corrected chi connectivity index (χ3v) is 9.73. The van der Waals surface area contributed by atoms with Crippen LogP contribution in [-0.4, -0.2) is 45.7 Å². The number of nitrogens with one attached hydrogen (secondary N) is 1. The van der Waals surface area contributed by atoms with E-state index in [2.05, 4.69) is 4.72 Å². The fraction of sp³-hybridized carbons (Fsp3) is 0.217. The molecule has 1 unspecified atom stereocenters. The molecular weight excluding hydrogens is 513 g/mol. The molecule has 0 bridgehead atoms. The topological polar surface area (TPSA) is 133 Å². The maximum Gasteiger partial charge on any atom is 0.209 e. The number of sulfonamides is 1. The zero-order valence-corrected chi connectivity index (χ0v) is 21.9. The first-order valence-electron chi connectivity index (χ1n) is 10.2. The van der Waals surface area contributed by atoms with Gasteiger partial charge in [-0.3, -0.25) is 0 Å². The summed E-state index contributed by atoms with van der Waals surface area (Å²) in [4.78, 5) is -1.11. The Balaban J connectivity index is 2.10. The second-order valence-corrected chi connectivity index (χ2v) is 13.3. The molecule has 3 aromatic rings. The summed E-state index contributed by atoms with van der Waals surface area (Å²) in [7, 11) is -9.20. The van der Waals surface area contributed by atoms with E-state index < -0.39 is 45.5 Å². The first kappa shape index (κ1) is 26.7. The van der Waals surface area contributed by atoms with E-state index in [0.717, 1.165) is 6.26 Å². The maximum absolute atomic E-state index is 13.5. The highest BCUT2D eigenvalue weighted by Gasteiger charge is 2.30. The van der Waals surface area contributed by atoms with E-state index in [0.29, 0.717) is 11.3 Å². The van der Waals surface area contributed by atoms with Gasteiger partial charge in [-0.1, -0.05) is 12.1 Å². The molecule has 9 nitrogen and oxygen atoms in total. The van der Waals surface area contributed by atoms with Crippen LogP contribution in [-0.2, 0) is 29.7 Å². The summed E-state index contributed by atoms with van der Waals surface area (Å²) in [6.45, 7) is 1.62. The number of benzene rings is 3. The van der Waals surface area contributed by atoms with Gasteiger partial charge in [0, 0.05) is 12.1 Å². The molecule has 0 heterocycles. The first-order chi connectivity index (χ1) is 16.3. The van der Waals surface area contributed by atoms with Crippen molar-refractivity contribution in [2.24, 2.45) is 0 Å². The van der Waals surface area contributed by atoms with Crippen LogP contribution in [0.1, 0.15) is 18.5 Å². The Bertz CT molecular complexity index is 1530. The Kier molecular flexibility index (Phi) is 7.60. The molecule has 3 rings (SSSR count). The SMILES string of the molecule is COc1ccc(S(=O)(=O)c2ccc(C(C)NS(C)(=O)=O)cc2)c(S(=O)(=O)c2ccc(O[11CH3])cc2)c1. The molecule has 0 aliphatic carbocycles. The highest BCUT2D eigenvalue weighted by molar-refractivity contribution is 7.94. The van der Waals surface area contributed by atoms with Gasteiger partial charge in [0.1, 0.15) is 11.5 Å². The molecule has 1 atom stereocenters. The molecular formula is C23H25NO8S3. The van der Waals surface area contributed by atoms with Crippen molar-refractivity contribution in [2.75, 3.05) is 20.5 Å². The average molecular weight is 539 g/mol. The second kappa shape index (κ2) is 9.97. The van der Waals surface area contributed by atoms with Gasteiger partial charge < -0.3 is 9.47 Å². The van der Waals surface area contributed by atoms with Crippen LogP contribution < -0.4 is 14.2 Å². The molecule has 0 spiro atoms. The molecule has 0 radical (unpaired) electrons. The van der Waals surface area contributed by atoms with Crippen LogP contribution in [0.4, 0.5) is 0 Å². The Morgan fingerprint density at radius 1 is 0.657 bits per heavy atom. The van der Waals surface area contributed by atoms with Crippen LogP contribution in [0.15, 0.2) is 86.3 Å². The number of methoxy groups -OCH3 is 2. The number of hydrogen-bond donors (Lipinski definition) is 1. The quantitative estimate of drug-likeness (QED) is 0.440. The maximum atomic E-state index is 13.5. The number of hydrogen-bond acceptors (Lipinski definition) is 8. The van der Waals surface area contributed by atoms with Crippen LogP contribution in [0.25, 0.3) is 0 Å². The van der Waals surface area contributed by atoms with Gasteiger partial charge in [0.2, 0.25) is 29.7 Å². The van der Waals surface area contributed by atoms with E-state index in [9.17, 15) is 25.3 Å². The van der Waals surface area contributed by atoms with Gasteiger partial charge in [-0.25, -0.2) is 30.0 Å². The predicted molar refractivity (Wildman–Crippen MR) is 130 cm³/mol. The Morgan fingerprint density at radius 2 is 1.11 bits per heavy atom. The predicted octanol–water partition coefficient (Wildman–Crippen LogP) is 2.98.